The van der Waals surface area contributed by atoms with Gasteiger partial charge in [0.15, 0.2) is 5.76 Å². The monoisotopic (exact) mass is 243 g/mol. The van der Waals surface area contributed by atoms with E-state index in [1.54, 1.807) is 11.0 Å². The van der Waals surface area contributed by atoms with Crippen molar-refractivity contribution < 1.29 is 14.0 Å². The van der Waals surface area contributed by atoms with Crippen LogP contribution in [0.3, 0.4) is 0 Å². The number of amides is 1. The molecule has 2 aromatic rings. The molecule has 1 fully saturated rings. The maximum atomic E-state index is 12.2. The van der Waals surface area contributed by atoms with Crippen molar-refractivity contribution in [1.29, 1.82) is 0 Å². The Kier molecular flexibility index (Phi) is 2.63. The highest BCUT2D eigenvalue weighted by Crippen LogP contribution is 2.21. The number of Topliss-reactive ketones (excluding diaryl/α,β-unsaturated/α-hetero) is 1. The normalized spacial score (nSPS) is 16.2. The molecule has 0 saturated carbocycles. The second-order valence-corrected chi connectivity index (χ2v) is 4.48. The summed E-state index contributed by atoms with van der Waals surface area (Å²) in [5, 5.41) is 0.925. The number of benzene rings is 1. The van der Waals surface area contributed by atoms with Crippen molar-refractivity contribution in [3.8, 4) is 0 Å². The molecule has 1 aliphatic rings. The number of rotatable bonds is 1. The molecule has 4 nitrogen and oxygen atoms in total. The molecule has 0 N–H and O–H groups in total. The van der Waals surface area contributed by atoms with Crippen molar-refractivity contribution in [2.75, 3.05) is 13.1 Å². The third-order valence-corrected chi connectivity index (χ3v) is 3.24. The average Bonchev–Trinajstić information content (AvgIpc) is 2.82. The molecule has 0 unspecified atom stereocenters. The van der Waals surface area contributed by atoms with Crippen LogP contribution in [0.2, 0.25) is 0 Å². The minimum absolute atomic E-state index is 0.126. The van der Waals surface area contributed by atoms with Gasteiger partial charge in [-0.1, -0.05) is 18.2 Å². The first-order valence-electron chi connectivity index (χ1n) is 6.03. The topological polar surface area (TPSA) is 50.5 Å². The summed E-state index contributed by atoms with van der Waals surface area (Å²) < 4.78 is 5.53. The minimum atomic E-state index is -0.126. The number of para-hydroxylation sites is 1. The molecule has 0 atom stereocenters. The smallest absolute Gasteiger partial charge is 0.289 e. The molecular weight excluding hydrogens is 230 g/mol. The van der Waals surface area contributed by atoms with Crippen LogP contribution in [0.15, 0.2) is 34.7 Å². The van der Waals surface area contributed by atoms with Crippen LogP contribution in [-0.2, 0) is 4.79 Å². The number of carbonyl (C=O) groups is 2. The lowest BCUT2D eigenvalue weighted by Gasteiger charge is -2.24. The highest BCUT2D eigenvalue weighted by molar-refractivity contribution is 5.97. The Morgan fingerprint density at radius 3 is 2.61 bits per heavy atom. The number of piperidine rings is 1. The van der Waals surface area contributed by atoms with Crippen molar-refractivity contribution in [1.82, 2.24) is 4.90 Å². The number of fused-ring (bicyclic) bond motifs is 1. The molecule has 3 rings (SSSR count). The van der Waals surface area contributed by atoms with Crippen LogP contribution >= 0.6 is 0 Å². The Hall–Kier alpha value is -2.10. The summed E-state index contributed by atoms with van der Waals surface area (Å²) in [7, 11) is 0. The fourth-order valence-corrected chi connectivity index (χ4v) is 2.20. The molecule has 0 spiro atoms. The lowest BCUT2D eigenvalue weighted by molar-refractivity contribution is -0.120. The van der Waals surface area contributed by atoms with Gasteiger partial charge < -0.3 is 9.32 Å². The van der Waals surface area contributed by atoms with E-state index in [9.17, 15) is 9.59 Å². The third kappa shape index (κ3) is 1.90. The third-order valence-electron chi connectivity index (χ3n) is 3.24. The van der Waals surface area contributed by atoms with Crippen molar-refractivity contribution in [3.05, 3.63) is 36.1 Å². The van der Waals surface area contributed by atoms with Gasteiger partial charge >= 0.3 is 0 Å². The van der Waals surface area contributed by atoms with Crippen LogP contribution in [0, 0.1) is 0 Å². The fraction of sp³-hybridized carbons (Fsp3) is 0.286. The van der Waals surface area contributed by atoms with E-state index in [1.165, 1.54) is 0 Å². The Labute approximate surface area is 104 Å². The first-order chi connectivity index (χ1) is 8.74. The summed E-state index contributed by atoms with van der Waals surface area (Å²) in [6.07, 6.45) is 0.901. The summed E-state index contributed by atoms with van der Waals surface area (Å²) >= 11 is 0. The zero-order chi connectivity index (χ0) is 12.5. The number of hydrogen-bond donors (Lipinski definition) is 0. The molecule has 1 aliphatic heterocycles. The van der Waals surface area contributed by atoms with E-state index >= 15 is 0 Å². The number of likely N-dealkylation sites (tertiary alicyclic amines) is 1. The van der Waals surface area contributed by atoms with E-state index in [-0.39, 0.29) is 11.7 Å². The minimum Gasteiger partial charge on any atom is -0.451 e. The maximum absolute atomic E-state index is 12.2. The van der Waals surface area contributed by atoms with Gasteiger partial charge in [-0.25, -0.2) is 0 Å². The fourth-order valence-electron chi connectivity index (χ4n) is 2.20. The Morgan fingerprint density at radius 2 is 1.89 bits per heavy atom. The van der Waals surface area contributed by atoms with E-state index in [2.05, 4.69) is 0 Å². The molecule has 0 aliphatic carbocycles. The van der Waals surface area contributed by atoms with Crippen LogP contribution in [0.5, 0.6) is 0 Å². The summed E-state index contributed by atoms with van der Waals surface area (Å²) in [6, 6.07) is 9.29. The lowest BCUT2D eigenvalue weighted by Crippen LogP contribution is -2.38. The highest BCUT2D eigenvalue weighted by atomic mass is 16.3. The van der Waals surface area contributed by atoms with Gasteiger partial charge in [-0.2, -0.15) is 0 Å². The van der Waals surface area contributed by atoms with Gasteiger partial charge in [0.2, 0.25) is 0 Å². The van der Waals surface area contributed by atoms with Crippen molar-refractivity contribution in [2.24, 2.45) is 0 Å². The van der Waals surface area contributed by atoms with Gasteiger partial charge in [-0.15, -0.1) is 0 Å². The van der Waals surface area contributed by atoms with E-state index in [4.69, 9.17) is 4.42 Å². The molecule has 4 heteroatoms. The molecule has 1 saturated heterocycles. The molecule has 0 radical (unpaired) electrons. The largest absolute Gasteiger partial charge is 0.451 e. The quantitative estimate of drug-likeness (QED) is 0.771. The second kappa shape index (κ2) is 4.29. The average molecular weight is 243 g/mol. The summed E-state index contributed by atoms with van der Waals surface area (Å²) in [6.45, 7) is 0.990. The second-order valence-electron chi connectivity index (χ2n) is 4.48. The number of furan rings is 1. The van der Waals surface area contributed by atoms with Gasteiger partial charge in [0.25, 0.3) is 5.91 Å². The van der Waals surface area contributed by atoms with Crippen molar-refractivity contribution in [2.45, 2.75) is 12.8 Å². The standard InChI is InChI=1S/C14H13NO3/c16-11-5-7-15(8-6-11)14(17)13-9-10-3-1-2-4-12(10)18-13/h1-4,9H,5-8H2. The van der Waals surface area contributed by atoms with Gasteiger partial charge in [0, 0.05) is 31.3 Å². The predicted octanol–water partition coefficient (Wildman–Crippen LogP) is 2.24. The van der Waals surface area contributed by atoms with Crippen LogP contribution in [0.25, 0.3) is 11.0 Å². The van der Waals surface area contributed by atoms with E-state index < -0.39 is 0 Å². The molecular formula is C14H13NO3. The number of ketones is 1. The molecule has 92 valence electrons. The zero-order valence-corrected chi connectivity index (χ0v) is 9.89. The summed E-state index contributed by atoms with van der Waals surface area (Å²) in [4.78, 5) is 25.0. The zero-order valence-electron chi connectivity index (χ0n) is 9.89. The van der Waals surface area contributed by atoms with Gasteiger partial charge in [-0.3, -0.25) is 9.59 Å². The number of hydrogen-bond acceptors (Lipinski definition) is 3. The highest BCUT2D eigenvalue weighted by Gasteiger charge is 2.24. The first-order valence-corrected chi connectivity index (χ1v) is 6.03. The van der Waals surface area contributed by atoms with E-state index in [0.29, 0.717) is 37.3 Å². The molecule has 1 aromatic heterocycles. The summed E-state index contributed by atoms with van der Waals surface area (Å²) in [5.74, 6) is 0.452. The summed E-state index contributed by atoms with van der Waals surface area (Å²) in [5.41, 5.74) is 0.717. The van der Waals surface area contributed by atoms with Crippen LogP contribution in [0.4, 0.5) is 0 Å². The van der Waals surface area contributed by atoms with Gasteiger partial charge in [0.1, 0.15) is 11.4 Å². The predicted molar refractivity (Wildman–Crippen MR) is 66.4 cm³/mol. The van der Waals surface area contributed by atoms with Gasteiger partial charge in [-0.05, 0) is 12.1 Å². The molecule has 1 aromatic carbocycles. The lowest BCUT2D eigenvalue weighted by atomic mass is 10.1. The Bertz CT molecular complexity index is 571. The number of nitrogens with zero attached hydrogens (tertiary/aromatic N) is 1. The SMILES string of the molecule is O=C1CCN(C(=O)c2cc3ccccc3o2)CC1. The Balaban J connectivity index is 1.85. The number of carbonyl (C=O) groups excluding carboxylic acids is 2. The van der Waals surface area contributed by atoms with Crippen LogP contribution in [0.1, 0.15) is 23.4 Å². The Morgan fingerprint density at radius 1 is 1.17 bits per heavy atom. The van der Waals surface area contributed by atoms with E-state index in [0.717, 1.165) is 5.39 Å². The molecule has 1 amide bonds. The van der Waals surface area contributed by atoms with Crippen molar-refractivity contribution in [3.63, 3.8) is 0 Å². The molecule has 2 heterocycles. The van der Waals surface area contributed by atoms with Crippen LogP contribution < -0.4 is 0 Å². The molecule has 18 heavy (non-hydrogen) atoms. The maximum Gasteiger partial charge on any atom is 0.289 e. The van der Waals surface area contributed by atoms with E-state index in [1.807, 2.05) is 24.3 Å². The van der Waals surface area contributed by atoms with Crippen molar-refractivity contribution >= 4 is 22.7 Å². The van der Waals surface area contributed by atoms with Gasteiger partial charge in [0.05, 0.1) is 0 Å². The molecule has 0 bridgehead atoms. The first kappa shape index (κ1) is 11.0. The van der Waals surface area contributed by atoms with Crippen LogP contribution in [-0.4, -0.2) is 29.7 Å².